The molecule has 0 aliphatic rings. The minimum absolute atomic E-state index is 0.0397. The summed E-state index contributed by atoms with van der Waals surface area (Å²) in [5.74, 6) is -1.66. The molecule has 228 valence electrons. The highest BCUT2D eigenvalue weighted by Gasteiger charge is 2.21. The van der Waals surface area contributed by atoms with Crippen molar-refractivity contribution in [1.29, 1.82) is 0 Å². The number of nitrogens with one attached hydrogen (secondary N) is 1. The number of pyridine rings is 1. The zero-order chi connectivity index (χ0) is 32.2. The van der Waals surface area contributed by atoms with Crippen LogP contribution in [0.5, 0.6) is 0 Å². The number of aromatic carboxylic acids is 1. The first-order chi connectivity index (χ1) is 22.3. The van der Waals surface area contributed by atoms with Crippen molar-refractivity contribution in [3.8, 4) is 22.4 Å². The normalized spacial score (nSPS) is 10.9. The molecular weight excluding hydrogens is 628 g/mol. The van der Waals surface area contributed by atoms with Crippen LogP contribution in [0.1, 0.15) is 36.1 Å². The van der Waals surface area contributed by atoms with Gasteiger partial charge in [0.25, 0.3) is 11.5 Å². The first-order valence-electron chi connectivity index (χ1n) is 13.8. The summed E-state index contributed by atoms with van der Waals surface area (Å²) in [6.45, 7) is 0.0548. The van der Waals surface area contributed by atoms with Crippen LogP contribution in [0.3, 0.4) is 0 Å². The Labute approximate surface area is 270 Å². The molecule has 0 aliphatic heterocycles. The molecule has 0 atom stereocenters. The minimum Gasteiger partial charge on any atom is -0.478 e. The van der Waals surface area contributed by atoms with E-state index >= 15 is 0 Å². The second-order valence-corrected chi connectivity index (χ2v) is 11.8. The van der Waals surface area contributed by atoms with Gasteiger partial charge in [0.05, 0.1) is 28.7 Å². The number of carbonyl (C=O) groups is 3. The van der Waals surface area contributed by atoms with Gasteiger partial charge < -0.3 is 15.0 Å². The highest BCUT2D eigenvalue weighted by Crippen LogP contribution is 2.28. The number of carboxylic acids is 1. The van der Waals surface area contributed by atoms with E-state index in [9.17, 15) is 24.3 Å². The van der Waals surface area contributed by atoms with Crippen molar-refractivity contribution in [2.24, 2.45) is 0 Å². The summed E-state index contributed by atoms with van der Waals surface area (Å²) in [4.78, 5) is 60.6. The van der Waals surface area contributed by atoms with Gasteiger partial charge >= 0.3 is 5.97 Å². The quantitative estimate of drug-likeness (QED) is 0.176. The van der Waals surface area contributed by atoms with Crippen molar-refractivity contribution in [2.75, 3.05) is 5.32 Å². The average Bonchev–Trinajstić information content (AvgIpc) is 3.71. The van der Waals surface area contributed by atoms with Crippen LogP contribution < -0.4 is 10.9 Å². The van der Waals surface area contributed by atoms with Gasteiger partial charge in [-0.25, -0.2) is 14.8 Å². The Morgan fingerprint density at radius 3 is 2.35 bits per heavy atom. The van der Waals surface area contributed by atoms with Crippen LogP contribution in [0.4, 0.5) is 5.82 Å². The summed E-state index contributed by atoms with van der Waals surface area (Å²) in [6, 6.07) is 23.0. The molecular formula is C33H23ClN6O5S. The molecule has 4 heterocycles. The summed E-state index contributed by atoms with van der Waals surface area (Å²) in [7, 11) is 0. The number of anilines is 1. The van der Waals surface area contributed by atoms with Gasteiger partial charge in [-0.1, -0.05) is 41.9 Å². The van der Waals surface area contributed by atoms with E-state index in [1.165, 1.54) is 69.6 Å². The number of hydrogen-bond donors (Lipinski definition) is 2. The molecule has 13 heteroatoms. The van der Waals surface area contributed by atoms with Gasteiger partial charge in [0.2, 0.25) is 5.78 Å². The maximum atomic E-state index is 13.7. The molecule has 6 rings (SSSR count). The fraction of sp³-hybridized carbons (Fsp3) is 0.0606. The van der Waals surface area contributed by atoms with Crippen LogP contribution in [0, 0.1) is 0 Å². The predicted octanol–water partition coefficient (Wildman–Crippen LogP) is 5.77. The largest absolute Gasteiger partial charge is 0.478 e. The van der Waals surface area contributed by atoms with Gasteiger partial charge in [0, 0.05) is 40.0 Å². The monoisotopic (exact) mass is 650 g/mol. The zero-order valence-electron chi connectivity index (χ0n) is 23.8. The number of hydrogen-bond acceptors (Lipinski definition) is 9. The highest BCUT2D eigenvalue weighted by molar-refractivity contribution is 7.16. The van der Waals surface area contributed by atoms with Gasteiger partial charge in [-0.3, -0.25) is 14.4 Å². The molecule has 0 saturated heterocycles. The van der Waals surface area contributed by atoms with E-state index < -0.39 is 11.9 Å². The SMILES string of the molecule is O=C(O)c1ccc(C(=O)n2nc(-c3cc(-c4ccccc4)c(=O)n(CC(=O)c4ccncn4)c3)cc2NCc2ccc(Cl)s2)cc1. The number of nitrogens with zero attached hydrogens (tertiary/aromatic N) is 5. The molecule has 4 aromatic heterocycles. The Morgan fingerprint density at radius 1 is 0.913 bits per heavy atom. The minimum atomic E-state index is -1.11. The van der Waals surface area contributed by atoms with E-state index in [-0.39, 0.29) is 34.7 Å². The number of benzene rings is 2. The second-order valence-electron chi connectivity index (χ2n) is 10.0. The highest BCUT2D eigenvalue weighted by atomic mass is 35.5. The molecule has 0 amide bonds. The van der Waals surface area contributed by atoms with Crippen molar-refractivity contribution >= 4 is 46.4 Å². The second kappa shape index (κ2) is 13.1. The Kier molecular flexibility index (Phi) is 8.63. The number of thiophene rings is 1. The number of carboxylic acid groups (broad SMARTS) is 1. The van der Waals surface area contributed by atoms with Crippen molar-refractivity contribution < 1.29 is 19.5 Å². The van der Waals surface area contributed by atoms with Crippen LogP contribution in [0.15, 0.2) is 108 Å². The van der Waals surface area contributed by atoms with E-state index in [4.69, 9.17) is 11.6 Å². The van der Waals surface area contributed by atoms with Gasteiger partial charge in [-0.15, -0.1) is 11.3 Å². The molecule has 2 aromatic carbocycles. The van der Waals surface area contributed by atoms with Crippen molar-refractivity contribution in [2.45, 2.75) is 13.1 Å². The lowest BCUT2D eigenvalue weighted by Gasteiger charge is -2.11. The maximum Gasteiger partial charge on any atom is 0.335 e. The summed E-state index contributed by atoms with van der Waals surface area (Å²) in [5.41, 5.74) is 1.83. The number of halogens is 1. The van der Waals surface area contributed by atoms with Crippen LogP contribution >= 0.6 is 22.9 Å². The molecule has 0 aliphatic carbocycles. The maximum absolute atomic E-state index is 13.7. The third-order valence-electron chi connectivity index (χ3n) is 7.00. The van der Waals surface area contributed by atoms with Gasteiger partial charge in [-0.05, 0) is 54.1 Å². The average molecular weight is 651 g/mol. The summed E-state index contributed by atoms with van der Waals surface area (Å²) in [6.07, 6.45) is 4.24. The number of rotatable bonds is 10. The molecule has 0 spiro atoms. The van der Waals surface area contributed by atoms with E-state index in [1.54, 1.807) is 42.5 Å². The molecule has 0 fully saturated rings. The van der Waals surface area contributed by atoms with Crippen molar-refractivity contribution in [3.63, 3.8) is 0 Å². The first kappa shape index (κ1) is 30.3. The lowest BCUT2D eigenvalue weighted by molar-refractivity contribution is 0.0696. The van der Waals surface area contributed by atoms with Gasteiger partial charge in [0.1, 0.15) is 17.8 Å². The Bertz CT molecular complexity index is 2130. The number of Topliss-reactive ketones (excluding diaryl/α,β-unsaturated/α-hetero) is 1. The fourth-order valence-electron chi connectivity index (χ4n) is 4.71. The molecule has 0 bridgehead atoms. The summed E-state index contributed by atoms with van der Waals surface area (Å²) < 4.78 is 3.10. The Balaban J connectivity index is 1.44. The smallest absolute Gasteiger partial charge is 0.335 e. The molecule has 0 unspecified atom stereocenters. The Hall–Kier alpha value is -5.72. The molecule has 0 radical (unpaired) electrons. The topological polar surface area (TPSA) is 149 Å². The molecule has 11 nitrogen and oxygen atoms in total. The van der Waals surface area contributed by atoms with Gasteiger partial charge in [-0.2, -0.15) is 9.78 Å². The Morgan fingerprint density at radius 2 is 1.67 bits per heavy atom. The molecule has 2 N–H and O–H groups in total. The molecule has 46 heavy (non-hydrogen) atoms. The summed E-state index contributed by atoms with van der Waals surface area (Å²) in [5, 5.41) is 17.1. The van der Waals surface area contributed by atoms with E-state index in [0.717, 1.165) is 4.88 Å². The van der Waals surface area contributed by atoms with Gasteiger partial charge in [0.15, 0.2) is 0 Å². The summed E-state index contributed by atoms with van der Waals surface area (Å²) >= 11 is 7.50. The third kappa shape index (κ3) is 6.53. The molecule has 6 aromatic rings. The first-order valence-corrected chi connectivity index (χ1v) is 15.0. The van der Waals surface area contributed by atoms with E-state index in [2.05, 4.69) is 20.4 Å². The predicted molar refractivity (Wildman–Crippen MR) is 174 cm³/mol. The fourth-order valence-corrected chi connectivity index (χ4v) is 5.74. The van der Waals surface area contributed by atoms with Crippen LogP contribution in [0.2, 0.25) is 4.34 Å². The third-order valence-corrected chi connectivity index (χ3v) is 8.23. The van der Waals surface area contributed by atoms with E-state index in [0.29, 0.717) is 39.1 Å². The zero-order valence-corrected chi connectivity index (χ0v) is 25.4. The number of ketones is 1. The van der Waals surface area contributed by atoms with Crippen LogP contribution in [-0.2, 0) is 13.1 Å². The standard InChI is InChI=1S/C33H23ClN6O5S/c34-29-11-10-24(46-29)16-36-30-15-27(38-40(30)31(42)21-6-8-22(9-7-21)33(44)45)23-14-25(20-4-2-1-3-5-20)32(43)39(17-23)18-28(41)26-12-13-35-19-37-26/h1-15,17,19,36H,16,18H2,(H,44,45). The lowest BCUT2D eigenvalue weighted by atomic mass is 10.0. The van der Waals surface area contributed by atoms with E-state index in [1.807, 2.05) is 12.1 Å². The van der Waals surface area contributed by atoms with Crippen molar-refractivity contribution in [1.82, 2.24) is 24.3 Å². The number of carbonyl (C=O) groups excluding carboxylic acids is 2. The molecule has 0 saturated carbocycles. The van der Waals surface area contributed by atoms with Crippen LogP contribution in [-0.4, -0.2) is 47.1 Å². The lowest BCUT2D eigenvalue weighted by Crippen LogP contribution is -2.26. The van der Waals surface area contributed by atoms with Crippen molar-refractivity contribution in [3.05, 3.63) is 140 Å². The number of aromatic nitrogens is 5. The van der Waals surface area contributed by atoms with Crippen LogP contribution in [0.25, 0.3) is 22.4 Å².